The normalized spacial score (nSPS) is 15.4. The average molecular weight is 292 g/mol. The summed E-state index contributed by atoms with van der Waals surface area (Å²) in [6.45, 7) is 9.46. The number of allylic oxidation sites excluding steroid dienone is 3. The number of nitrogens with zero attached hydrogens (tertiary/aromatic N) is 1. The van der Waals surface area contributed by atoms with Gasteiger partial charge in [-0.3, -0.25) is 10.1 Å². The molecule has 0 spiro atoms. The molecule has 0 heterocycles. The van der Waals surface area contributed by atoms with Gasteiger partial charge in [-0.1, -0.05) is 30.1 Å². The van der Waals surface area contributed by atoms with Crippen molar-refractivity contribution in [3.63, 3.8) is 0 Å². The van der Waals surface area contributed by atoms with Gasteiger partial charge in [0.15, 0.2) is 0 Å². The van der Waals surface area contributed by atoms with Crippen LogP contribution in [0.5, 0.6) is 0 Å². The lowest BCUT2D eigenvalue weighted by molar-refractivity contribution is 0.266. The number of rotatable bonds is 7. The van der Waals surface area contributed by atoms with Crippen LogP contribution in [0, 0.1) is 17.3 Å². The van der Waals surface area contributed by atoms with E-state index in [4.69, 9.17) is 9.93 Å². The standard InChI is InChI=1S/C16H25N2OP/c1-14(2)18(15(3)4)20(12-8-7-11-17)19-13-16-9-5-6-10-16/h5-6,9,11,14-15,17H,10,12-13H2,1-4H3. The summed E-state index contributed by atoms with van der Waals surface area (Å²) in [5, 5.41) is 7.00. The first-order chi connectivity index (χ1) is 9.56. The van der Waals surface area contributed by atoms with Gasteiger partial charge in [-0.25, -0.2) is 0 Å². The fraction of sp³-hybridized carbons (Fsp3) is 0.562. The van der Waals surface area contributed by atoms with Gasteiger partial charge in [-0.05, 0) is 39.7 Å². The number of hydrogen-bond donors (Lipinski definition) is 1. The van der Waals surface area contributed by atoms with Gasteiger partial charge in [0.25, 0.3) is 0 Å². The van der Waals surface area contributed by atoms with E-state index in [1.165, 1.54) is 5.57 Å². The molecule has 0 radical (unpaired) electrons. The maximum absolute atomic E-state index is 7.00. The highest BCUT2D eigenvalue weighted by Gasteiger charge is 2.24. The molecule has 110 valence electrons. The third-order valence-corrected chi connectivity index (χ3v) is 5.25. The van der Waals surface area contributed by atoms with Gasteiger partial charge in [0.2, 0.25) is 0 Å². The predicted molar refractivity (Wildman–Crippen MR) is 88.2 cm³/mol. The molecular weight excluding hydrogens is 267 g/mol. The zero-order valence-corrected chi connectivity index (χ0v) is 13.8. The molecule has 0 aromatic heterocycles. The quantitative estimate of drug-likeness (QED) is 0.438. The summed E-state index contributed by atoms with van der Waals surface area (Å²) in [5.41, 5.74) is 1.32. The van der Waals surface area contributed by atoms with Gasteiger partial charge in [0, 0.05) is 12.1 Å². The Bertz CT molecular complexity index is 421. The highest BCUT2D eigenvalue weighted by atomic mass is 31.2. The van der Waals surface area contributed by atoms with E-state index in [1.807, 2.05) is 0 Å². The van der Waals surface area contributed by atoms with E-state index in [1.54, 1.807) is 0 Å². The summed E-state index contributed by atoms with van der Waals surface area (Å²) in [4.78, 5) is 0. The molecule has 20 heavy (non-hydrogen) atoms. The third kappa shape index (κ3) is 5.59. The molecule has 1 unspecified atom stereocenters. The lowest BCUT2D eigenvalue weighted by atomic mass is 10.3. The Labute approximate surface area is 124 Å². The fourth-order valence-electron chi connectivity index (χ4n) is 2.23. The molecule has 0 fully saturated rings. The highest BCUT2D eigenvalue weighted by Crippen LogP contribution is 2.44. The predicted octanol–water partition coefficient (Wildman–Crippen LogP) is 3.97. The molecule has 1 aliphatic rings. The summed E-state index contributed by atoms with van der Waals surface area (Å²) in [6.07, 6.45) is 9.20. The molecule has 0 aromatic carbocycles. The van der Waals surface area contributed by atoms with E-state index in [9.17, 15) is 0 Å². The maximum atomic E-state index is 7.00. The van der Waals surface area contributed by atoms with Crippen LogP contribution in [-0.2, 0) is 4.52 Å². The zero-order valence-electron chi connectivity index (χ0n) is 12.9. The SMILES string of the molecule is CC(C)N(C(C)C)P(CC#CC=N)OCC1=CC=CC1. The zero-order chi connectivity index (χ0) is 15.0. The van der Waals surface area contributed by atoms with Crippen LogP contribution in [0.1, 0.15) is 34.1 Å². The Morgan fingerprint density at radius 3 is 2.60 bits per heavy atom. The molecule has 1 aliphatic carbocycles. The summed E-state index contributed by atoms with van der Waals surface area (Å²) >= 11 is 0. The summed E-state index contributed by atoms with van der Waals surface area (Å²) in [7, 11) is -0.743. The summed E-state index contributed by atoms with van der Waals surface area (Å²) in [6, 6.07) is 0.858. The van der Waals surface area contributed by atoms with Crippen molar-refractivity contribution in [3.8, 4) is 11.8 Å². The monoisotopic (exact) mass is 292 g/mol. The van der Waals surface area contributed by atoms with Crippen molar-refractivity contribution in [1.82, 2.24) is 4.67 Å². The highest BCUT2D eigenvalue weighted by molar-refractivity contribution is 7.50. The van der Waals surface area contributed by atoms with Gasteiger partial charge in [0.1, 0.15) is 8.30 Å². The minimum Gasteiger partial charge on any atom is -0.338 e. The van der Waals surface area contributed by atoms with Crippen molar-refractivity contribution in [1.29, 1.82) is 5.41 Å². The molecule has 3 nitrogen and oxygen atoms in total. The molecule has 0 saturated carbocycles. The van der Waals surface area contributed by atoms with Crippen molar-refractivity contribution in [2.45, 2.75) is 46.2 Å². The molecule has 0 bridgehead atoms. The second-order valence-corrected chi connectivity index (χ2v) is 7.01. The van der Waals surface area contributed by atoms with Gasteiger partial charge >= 0.3 is 0 Å². The van der Waals surface area contributed by atoms with Gasteiger partial charge in [-0.2, -0.15) is 0 Å². The number of nitrogens with one attached hydrogen (secondary N) is 1. The maximum Gasteiger partial charge on any atom is 0.117 e. The van der Waals surface area contributed by atoms with Crippen molar-refractivity contribution in [2.24, 2.45) is 0 Å². The molecule has 1 rings (SSSR count). The van der Waals surface area contributed by atoms with Crippen molar-refractivity contribution in [3.05, 3.63) is 23.8 Å². The topological polar surface area (TPSA) is 36.3 Å². The molecule has 0 aromatic rings. The second kappa shape index (κ2) is 9.08. The third-order valence-electron chi connectivity index (χ3n) is 2.95. The van der Waals surface area contributed by atoms with E-state index in [2.05, 4.69) is 62.4 Å². The first kappa shape index (κ1) is 17.1. The first-order valence-corrected chi connectivity index (χ1v) is 8.46. The van der Waals surface area contributed by atoms with Crippen LogP contribution in [0.15, 0.2) is 23.8 Å². The second-order valence-electron chi connectivity index (χ2n) is 5.27. The van der Waals surface area contributed by atoms with E-state index in [0.29, 0.717) is 24.9 Å². The van der Waals surface area contributed by atoms with Gasteiger partial charge < -0.3 is 4.52 Å². The molecule has 0 aliphatic heterocycles. The Morgan fingerprint density at radius 2 is 2.10 bits per heavy atom. The van der Waals surface area contributed by atoms with Gasteiger partial charge in [-0.15, -0.1) is 0 Å². The van der Waals surface area contributed by atoms with Gasteiger partial charge in [0.05, 0.1) is 19.0 Å². The minimum absolute atomic E-state index is 0.429. The molecule has 4 heteroatoms. The van der Waals surface area contributed by atoms with E-state index >= 15 is 0 Å². The van der Waals surface area contributed by atoms with E-state index < -0.39 is 8.30 Å². The fourth-order valence-corrected chi connectivity index (χ4v) is 4.19. The van der Waals surface area contributed by atoms with Crippen LogP contribution in [0.3, 0.4) is 0 Å². The smallest absolute Gasteiger partial charge is 0.117 e. The summed E-state index contributed by atoms with van der Waals surface area (Å²) < 4.78 is 8.56. The van der Waals surface area contributed by atoms with E-state index in [-0.39, 0.29) is 0 Å². The molecular formula is C16H25N2OP. The van der Waals surface area contributed by atoms with Crippen molar-refractivity contribution >= 4 is 14.5 Å². The van der Waals surface area contributed by atoms with E-state index in [0.717, 1.165) is 12.6 Å². The van der Waals surface area contributed by atoms with Crippen LogP contribution >= 0.6 is 8.30 Å². The Morgan fingerprint density at radius 1 is 1.40 bits per heavy atom. The molecule has 0 amide bonds. The summed E-state index contributed by atoms with van der Waals surface area (Å²) in [5.74, 6) is 5.75. The Hall–Kier alpha value is -0.940. The first-order valence-electron chi connectivity index (χ1n) is 7.06. The van der Waals surface area contributed by atoms with Crippen LogP contribution in [0.25, 0.3) is 0 Å². The molecule has 1 atom stereocenters. The Kier molecular flexibility index (Phi) is 7.77. The largest absolute Gasteiger partial charge is 0.338 e. The lowest BCUT2D eigenvalue weighted by Crippen LogP contribution is -2.33. The number of hydrogen-bond acceptors (Lipinski definition) is 3. The van der Waals surface area contributed by atoms with Crippen LogP contribution < -0.4 is 0 Å². The Balaban J connectivity index is 2.68. The van der Waals surface area contributed by atoms with Crippen LogP contribution in [-0.4, -0.2) is 35.7 Å². The molecule has 0 saturated heterocycles. The van der Waals surface area contributed by atoms with Crippen LogP contribution in [0.2, 0.25) is 0 Å². The average Bonchev–Trinajstić information content (AvgIpc) is 2.88. The van der Waals surface area contributed by atoms with Crippen LogP contribution in [0.4, 0.5) is 0 Å². The van der Waals surface area contributed by atoms with Crippen molar-refractivity contribution in [2.75, 3.05) is 12.8 Å². The lowest BCUT2D eigenvalue weighted by Gasteiger charge is -2.36. The molecule has 1 N–H and O–H groups in total. The minimum atomic E-state index is -0.743. The van der Waals surface area contributed by atoms with Crippen molar-refractivity contribution < 1.29 is 4.52 Å².